The molecule has 0 amide bonds. The van der Waals surface area contributed by atoms with Gasteiger partial charge in [-0.25, -0.2) is 9.97 Å². The van der Waals surface area contributed by atoms with E-state index in [9.17, 15) is 5.11 Å². The van der Waals surface area contributed by atoms with Crippen LogP contribution in [-0.4, -0.2) is 29.3 Å². The zero-order valence-electron chi connectivity index (χ0n) is 13.5. The number of phenolic OH excluding ortho intramolecular Hbond substituents is 1. The van der Waals surface area contributed by atoms with Crippen molar-refractivity contribution in [3.63, 3.8) is 0 Å². The smallest absolute Gasteiger partial charge is 0.162 e. The molecule has 24 heavy (non-hydrogen) atoms. The van der Waals surface area contributed by atoms with Gasteiger partial charge < -0.3 is 19.9 Å². The summed E-state index contributed by atoms with van der Waals surface area (Å²) in [5, 5.41) is 13.6. The molecule has 0 radical (unpaired) electrons. The monoisotopic (exact) mass is 347 g/mol. The lowest BCUT2D eigenvalue weighted by molar-refractivity contribution is 0.356. The van der Waals surface area contributed by atoms with Crippen molar-refractivity contribution in [2.24, 2.45) is 0 Å². The molecule has 0 spiro atoms. The molecule has 3 rings (SSSR count). The molecule has 2 N–H and O–H groups in total. The number of methoxy groups -OCH3 is 2. The molecule has 0 bridgehead atoms. The predicted molar refractivity (Wildman–Crippen MR) is 96.0 cm³/mol. The molecule has 126 valence electrons. The highest BCUT2D eigenvalue weighted by atomic mass is 35.5. The number of benzene rings is 2. The summed E-state index contributed by atoms with van der Waals surface area (Å²) in [6.07, 6.45) is 1.49. The second-order valence-electron chi connectivity index (χ2n) is 5.07. The van der Waals surface area contributed by atoms with E-state index < -0.39 is 0 Å². The van der Waals surface area contributed by atoms with E-state index in [-0.39, 0.29) is 18.2 Å². The van der Waals surface area contributed by atoms with Gasteiger partial charge in [-0.2, -0.15) is 0 Å². The van der Waals surface area contributed by atoms with E-state index in [4.69, 9.17) is 9.47 Å². The fourth-order valence-electron chi connectivity index (χ4n) is 2.40. The van der Waals surface area contributed by atoms with Crippen molar-refractivity contribution in [3.8, 4) is 17.2 Å². The summed E-state index contributed by atoms with van der Waals surface area (Å²) in [5.74, 6) is 2.11. The number of hydrogen-bond donors (Lipinski definition) is 2. The number of fused-ring (bicyclic) bond motifs is 1. The fraction of sp³-hybridized carbons (Fsp3) is 0.176. The highest BCUT2D eigenvalue weighted by molar-refractivity contribution is 5.93. The van der Waals surface area contributed by atoms with E-state index in [0.29, 0.717) is 17.3 Å². The molecule has 0 aliphatic rings. The predicted octanol–water partition coefficient (Wildman–Crippen LogP) is 3.83. The number of aromatic hydroxyl groups is 1. The maximum Gasteiger partial charge on any atom is 0.162 e. The Kier molecular flexibility index (Phi) is 5.31. The van der Waals surface area contributed by atoms with Crippen molar-refractivity contribution in [2.45, 2.75) is 6.92 Å². The lowest BCUT2D eigenvalue weighted by Crippen LogP contribution is -1.99. The molecular weight excluding hydrogens is 330 g/mol. The third-order valence-electron chi connectivity index (χ3n) is 3.60. The van der Waals surface area contributed by atoms with Gasteiger partial charge in [0, 0.05) is 17.1 Å². The largest absolute Gasteiger partial charge is 0.508 e. The normalized spacial score (nSPS) is 10.1. The molecule has 1 aromatic heterocycles. The molecule has 0 unspecified atom stereocenters. The molecule has 0 saturated carbocycles. The highest BCUT2D eigenvalue weighted by Crippen LogP contribution is 2.34. The number of phenols is 1. The molecule has 3 aromatic rings. The number of aryl methyl sites for hydroxylation is 1. The van der Waals surface area contributed by atoms with Crippen molar-refractivity contribution in [3.05, 3.63) is 42.2 Å². The van der Waals surface area contributed by atoms with Crippen molar-refractivity contribution >= 4 is 34.8 Å². The number of hydrogen-bond acceptors (Lipinski definition) is 6. The lowest BCUT2D eigenvalue weighted by Gasteiger charge is -2.13. The maximum absolute atomic E-state index is 9.52. The maximum atomic E-state index is 9.52. The third-order valence-corrected chi connectivity index (χ3v) is 3.60. The van der Waals surface area contributed by atoms with E-state index in [1.165, 1.54) is 6.33 Å². The number of rotatable bonds is 4. The molecule has 0 saturated heterocycles. The van der Waals surface area contributed by atoms with Gasteiger partial charge in [0.25, 0.3) is 0 Å². The van der Waals surface area contributed by atoms with Crippen LogP contribution < -0.4 is 14.8 Å². The molecular formula is C17H18ClN3O3. The first-order chi connectivity index (χ1) is 11.1. The average molecular weight is 348 g/mol. The highest BCUT2D eigenvalue weighted by Gasteiger charge is 2.11. The molecule has 0 aliphatic carbocycles. The van der Waals surface area contributed by atoms with Gasteiger partial charge in [-0.3, -0.25) is 0 Å². The zero-order chi connectivity index (χ0) is 16.4. The SMILES string of the molecule is COc1cc2ncnc(Nc3ccc(O)cc3C)c2cc1OC.Cl. The van der Waals surface area contributed by atoms with E-state index in [1.807, 2.05) is 19.1 Å². The first-order valence-corrected chi connectivity index (χ1v) is 7.05. The lowest BCUT2D eigenvalue weighted by atomic mass is 10.1. The van der Waals surface area contributed by atoms with Gasteiger partial charge in [-0.05, 0) is 36.8 Å². The van der Waals surface area contributed by atoms with Crippen LogP contribution in [0.5, 0.6) is 17.2 Å². The second-order valence-corrected chi connectivity index (χ2v) is 5.07. The summed E-state index contributed by atoms with van der Waals surface area (Å²) in [6, 6.07) is 8.77. The Bertz CT molecular complexity index is 871. The first-order valence-electron chi connectivity index (χ1n) is 7.05. The Labute approximate surface area is 145 Å². The first kappa shape index (κ1) is 17.6. The van der Waals surface area contributed by atoms with Crippen molar-refractivity contribution < 1.29 is 14.6 Å². The summed E-state index contributed by atoms with van der Waals surface area (Å²) < 4.78 is 10.6. The second kappa shape index (κ2) is 7.23. The van der Waals surface area contributed by atoms with Crippen LogP contribution in [0.4, 0.5) is 11.5 Å². The third kappa shape index (κ3) is 3.28. The summed E-state index contributed by atoms with van der Waals surface area (Å²) in [6.45, 7) is 1.91. The molecule has 0 aliphatic heterocycles. The Morgan fingerprint density at radius 3 is 2.38 bits per heavy atom. The van der Waals surface area contributed by atoms with Gasteiger partial charge in [0.05, 0.1) is 19.7 Å². The standard InChI is InChI=1S/C17H17N3O3.ClH/c1-10-6-11(21)4-5-13(10)20-17-12-7-15(22-2)16(23-3)8-14(12)18-9-19-17;/h4-9,21H,1-3H3,(H,18,19,20);1H. The van der Waals surface area contributed by atoms with Crippen LogP contribution in [0.3, 0.4) is 0 Å². The van der Waals surface area contributed by atoms with E-state index in [2.05, 4.69) is 15.3 Å². The van der Waals surface area contributed by atoms with Crippen molar-refractivity contribution in [2.75, 3.05) is 19.5 Å². The van der Waals surface area contributed by atoms with Gasteiger partial charge in [0.2, 0.25) is 0 Å². The average Bonchev–Trinajstić information content (AvgIpc) is 2.56. The topological polar surface area (TPSA) is 76.5 Å². The Morgan fingerprint density at radius 2 is 1.71 bits per heavy atom. The zero-order valence-corrected chi connectivity index (χ0v) is 14.3. The van der Waals surface area contributed by atoms with Gasteiger partial charge in [0.1, 0.15) is 17.9 Å². The summed E-state index contributed by atoms with van der Waals surface area (Å²) >= 11 is 0. The van der Waals surface area contributed by atoms with Crippen LogP contribution in [0, 0.1) is 6.92 Å². The van der Waals surface area contributed by atoms with E-state index in [0.717, 1.165) is 22.2 Å². The van der Waals surface area contributed by atoms with E-state index in [1.54, 1.807) is 32.4 Å². The number of nitrogens with zero attached hydrogens (tertiary/aromatic N) is 2. The van der Waals surface area contributed by atoms with Crippen molar-refractivity contribution in [1.29, 1.82) is 0 Å². The molecule has 2 aromatic carbocycles. The minimum Gasteiger partial charge on any atom is -0.508 e. The van der Waals surface area contributed by atoms with Crippen LogP contribution in [-0.2, 0) is 0 Å². The number of halogens is 1. The number of ether oxygens (including phenoxy) is 2. The van der Waals surface area contributed by atoms with Gasteiger partial charge >= 0.3 is 0 Å². The molecule has 0 atom stereocenters. The summed E-state index contributed by atoms with van der Waals surface area (Å²) in [4.78, 5) is 8.59. The molecule has 0 fully saturated rings. The summed E-state index contributed by atoms with van der Waals surface area (Å²) in [5.41, 5.74) is 2.52. The summed E-state index contributed by atoms with van der Waals surface area (Å²) in [7, 11) is 3.18. The molecule has 1 heterocycles. The van der Waals surface area contributed by atoms with Crippen LogP contribution >= 0.6 is 12.4 Å². The number of aromatic nitrogens is 2. The Morgan fingerprint density at radius 1 is 1.00 bits per heavy atom. The van der Waals surface area contributed by atoms with Gasteiger partial charge in [-0.1, -0.05) is 0 Å². The quantitative estimate of drug-likeness (QED) is 0.698. The van der Waals surface area contributed by atoms with Crippen LogP contribution in [0.15, 0.2) is 36.7 Å². The van der Waals surface area contributed by atoms with Crippen LogP contribution in [0.2, 0.25) is 0 Å². The molecule has 6 nitrogen and oxygen atoms in total. The van der Waals surface area contributed by atoms with Crippen LogP contribution in [0.25, 0.3) is 10.9 Å². The fourth-order valence-corrected chi connectivity index (χ4v) is 2.40. The van der Waals surface area contributed by atoms with Crippen molar-refractivity contribution in [1.82, 2.24) is 9.97 Å². The Balaban J connectivity index is 0.00000208. The minimum absolute atomic E-state index is 0. The number of anilines is 2. The Hall–Kier alpha value is -2.73. The van der Waals surface area contributed by atoms with Gasteiger partial charge in [-0.15, -0.1) is 12.4 Å². The van der Waals surface area contributed by atoms with Crippen LogP contribution in [0.1, 0.15) is 5.56 Å². The van der Waals surface area contributed by atoms with E-state index >= 15 is 0 Å². The molecule has 7 heteroatoms. The van der Waals surface area contributed by atoms with Gasteiger partial charge in [0.15, 0.2) is 11.5 Å². The number of nitrogens with one attached hydrogen (secondary N) is 1. The minimum atomic E-state index is 0.